The number of hydrogen-bond acceptors (Lipinski definition) is 6. The summed E-state index contributed by atoms with van der Waals surface area (Å²) in [5.41, 5.74) is 1.29. The Morgan fingerprint density at radius 1 is 1.46 bits per heavy atom. The number of likely N-dealkylation sites (tertiary alicyclic amines) is 1. The third-order valence-corrected chi connectivity index (χ3v) is 4.20. The summed E-state index contributed by atoms with van der Waals surface area (Å²) in [4.78, 5) is 35.0. The second-order valence-electron chi connectivity index (χ2n) is 6.16. The topological polar surface area (TPSA) is 95.3 Å². The summed E-state index contributed by atoms with van der Waals surface area (Å²) in [6.45, 7) is 3.08. The molecule has 1 unspecified atom stereocenters. The summed E-state index contributed by atoms with van der Waals surface area (Å²) in [5.74, 6) is 0.663. The van der Waals surface area contributed by atoms with E-state index < -0.39 is 0 Å². The maximum atomic E-state index is 12.5. The fourth-order valence-electron chi connectivity index (χ4n) is 2.81. The van der Waals surface area contributed by atoms with Crippen LogP contribution in [0.15, 0.2) is 21.5 Å². The van der Waals surface area contributed by atoms with Crippen molar-refractivity contribution in [3.8, 4) is 0 Å². The van der Waals surface area contributed by atoms with Crippen molar-refractivity contribution in [2.24, 2.45) is 0 Å². The standard InChI is InChI=1S/C16H21N5O3/c1-4-11-7-13(24-19-11)15(23)21-6-5-10(9-21)12-8-14(22)18-16(17-12)20(2)3/h7-8,10H,4-6,9H2,1-3H3,(H,17,18,22). The number of aryl methyl sites for hydroxylation is 1. The highest BCUT2D eigenvalue weighted by molar-refractivity contribution is 5.91. The minimum Gasteiger partial charge on any atom is -0.351 e. The Kier molecular flexibility index (Phi) is 4.37. The first-order valence-electron chi connectivity index (χ1n) is 8.01. The molecule has 1 fully saturated rings. The molecule has 0 spiro atoms. The minimum atomic E-state index is -0.184. The van der Waals surface area contributed by atoms with E-state index in [1.165, 1.54) is 6.07 Å². The molecule has 128 valence electrons. The number of anilines is 1. The third-order valence-electron chi connectivity index (χ3n) is 4.20. The van der Waals surface area contributed by atoms with E-state index in [4.69, 9.17) is 4.52 Å². The Morgan fingerprint density at radius 3 is 2.92 bits per heavy atom. The molecule has 1 aliphatic rings. The Balaban J connectivity index is 1.75. The van der Waals surface area contributed by atoms with E-state index in [1.807, 2.05) is 21.0 Å². The normalized spacial score (nSPS) is 17.3. The fourth-order valence-corrected chi connectivity index (χ4v) is 2.81. The first-order valence-corrected chi connectivity index (χ1v) is 8.01. The lowest BCUT2D eigenvalue weighted by Crippen LogP contribution is -2.28. The number of H-pyrrole nitrogens is 1. The van der Waals surface area contributed by atoms with Gasteiger partial charge in [0.25, 0.3) is 11.5 Å². The largest absolute Gasteiger partial charge is 0.351 e. The number of hydrogen-bond donors (Lipinski definition) is 1. The van der Waals surface area contributed by atoms with Crippen LogP contribution in [0.5, 0.6) is 0 Å². The molecule has 2 aromatic rings. The van der Waals surface area contributed by atoms with Gasteiger partial charge in [0.15, 0.2) is 0 Å². The van der Waals surface area contributed by atoms with Gasteiger partial charge in [-0.1, -0.05) is 12.1 Å². The quantitative estimate of drug-likeness (QED) is 0.898. The SMILES string of the molecule is CCc1cc(C(=O)N2CCC(c3cc(=O)[nH]c(N(C)C)n3)C2)on1. The third kappa shape index (κ3) is 3.17. The number of aromatic amines is 1. The molecule has 0 aromatic carbocycles. The molecule has 1 aliphatic heterocycles. The number of amides is 1. The molecular weight excluding hydrogens is 310 g/mol. The van der Waals surface area contributed by atoms with Crippen LogP contribution in [0.2, 0.25) is 0 Å². The van der Waals surface area contributed by atoms with E-state index in [0.717, 1.165) is 18.5 Å². The van der Waals surface area contributed by atoms with E-state index in [1.54, 1.807) is 15.9 Å². The average molecular weight is 331 g/mol. The van der Waals surface area contributed by atoms with Gasteiger partial charge in [-0.25, -0.2) is 4.98 Å². The predicted molar refractivity (Wildman–Crippen MR) is 88.3 cm³/mol. The van der Waals surface area contributed by atoms with Crippen molar-refractivity contribution in [1.82, 2.24) is 20.0 Å². The van der Waals surface area contributed by atoms with Gasteiger partial charge in [0.2, 0.25) is 11.7 Å². The number of nitrogens with one attached hydrogen (secondary N) is 1. The molecule has 0 aliphatic carbocycles. The van der Waals surface area contributed by atoms with Crippen molar-refractivity contribution in [3.05, 3.63) is 39.6 Å². The molecular formula is C16H21N5O3. The van der Waals surface area contributed by atoms with Crippen LogP contribution in [0.1, 0.15) is 41.2 Å². The van der Waals surface area contributed by atoms with E-state index in [0.29, 0.717) is 24.7 Å². The molecule has 1 amide bonds. The van der Waals surface area contributed by atoms with E-state index >= 15 is 0 Å². The van der Waals surface area contributed by atoms with E-state index in [9.17, 15) is 9.59 Å². The lowest BCUT2D eigenvalue weighted by atomic mass is 10.1. The van der Waals surface area contributed by atoms with Crippen molar-refractivity contribution >= 4 is 11.9 Å². The molecule has 3 heterocycles. The van der Waals surface area contributed by atoms with E-state index in [2.05, 4.69) is 15.1 Å². The lowest BCUT2D eigenvalue weighted by molar-refractivity contribution is 0.0749. The zero-order valence-corrected chi connectivity index (χ0v) is 14.1. The summed E-state index contributed by atoms with van der Waals surface area (Å²) in [5, 5.41) is 3.86. The summed E-state index contributed by atoms with van der Waals surface area (Å²) in [7, 11) is 3.64. The zero-order chi connectivity index (χ0) is 17.3. The van der Waals surface area contributed by atoms with Crippen molar-refractivity contribution < 1.29 is 9.32 Å². The summed E-state index contributed by atoms with van der Waals surface area (Å²) in [6.07, 6.45) is 1.49. The van der Waals surface area contributed by atoms with Crippen molar-refractivity contribution in [1.29, 1.82) is 0 Å². The maximum Gasteiger partial charge on any atom is 0.292 e. The molecule has 0 radical (unpaired) electrons. The average Bonchev–Trinajstić information content (AvgIpc) is 3.23. The van der Waals surface area contributed by atoms with Gasteiger partial charge in [-0.2, -0.15) is 0 Å². The van der Waals surface area contributed by atoms with Crippen molar-refractivity contribution in [2.45, 2.75) is 25.7 Å². The van der Waals surface area contributed by atoms with Gasteiger partial charge >= 0.3 is 0 Å². The van der Waals surface area contributed by atoms with Crippen LogP contribution < -0.4 is 10.5 Å². The highest BCUT2D eigenvalue weighted by atomic mass is 16.5. The summed E-state index contributed by atoms with van der Waals surface area (Å²) in [6, 6.07) is 3.20. The maximum absolute atomic E-state index is 12.5. The van der Waals surface area contributed by atoms with Gasteiger partial charge < -0.3 is 14.3 Å². The highest BCUT2D eigenvalue weighted by Gasteiger charge is 2.31. The van der Waals surface area contributed by atoms with Crippen molar-refractivity contribution in [3.63, 3.8) is 0 Å². The Hall–Kier alpha value is -2.64. The molecule has 1 N–H and O–H groups in total. The smallest absolute Gasteiger partial charge is 0.292 e. The van der Waals surface area contributed by atoms with Crippen LogP contribution in [0.3, 0.4) is 0 Å². The molecule has 1 atom stereocenters. The van der Waals surface area contributed by atoms with Gasteiger partial charge in [0, 0.05) is 45.2 Å². The van der Waals surface area contributed by atoms with Crippen LogP contribution in [-0.2, 0) is 6.42 Å². The Labute approximate surface area is 139 Å². The molecule has 8 heteroatoms. The molecule has 8 nitrogen and oxygen atoms in total. The Bertz CT molecular complexity index is 795. The number of nitrogens with zero attached hydrogens (tertiary/aromatic N) is 4. The molecule has 3 rings (SSSR count). The van der Waals surface area contributed by atoms with Gasteiger partial charge in [0.05, 0.1) is 11.4 Å². The number of aromatic nitrogens is 3. The van der Waals surface area contributed by atoms with Crippen LogP contribution in [0.4, 0.5) is 5.95 Å². The van der Waals surface area contributed by atoms with Gasteiger partial charge in [-0.05, 0) is 12.8 Å². The van der Waals surface area contributed by atoms with E-state index in [-0.39, 0.29) is 23.1 Å². The monoisotopic (exact) mass is 331 g/mol. The van der Waals surface area contributed by atoms with Gasteiger partial charge in [-0.15, -0.1) is 0 Å². The lowest BCUT2D eigenvalue weighted by Gasteiger charge is -2.16. The second kappa shape index (κ2) is 6.46. The number of rotatable bonds is 4. The second-order valence-corrected chi connectivity index (χ2v) is 6.16. The highest BCUT2D eigenvalue weighted by Crippen LogP contribution is 2.27. The first-order chi connectivity index (χ1) is 11.5. The summed E-state index contributed by atoms with van der Waals surface area (Å²) < 4.78 is 5.12. The van der Waals surface area contributed by atoms with Crippen LogP contribution >= 0.6 is 0 Å². The molecule has 0 bridgehead atoms. The minimum absolute atomic E-state index is 0.0449. The Morgan fingerprint density at radius 2 is 2.25 bits per heavy atom. The fraction of sp³-hybridized carbons (Fsp3) is 0.500. The molecule has 2 aromatic heterocycles. The molecule has 0 saturated carbocycles. The van der Waals surface area contributed by atoms with Gasteiger partial charge in [-0.3, -0.25) is 14.6 Å². The number of carbonyl (C=O) groups excluding carboxylic acids is 1. The predicted octanol–water partition coefficient (Wildman–Crippen LogP) is 1.02. The first kappa shape index (κ1) is 16.2. The summed E-state index contributed by atoms with van der Waals surface area (Å²) >= 11 is 0. The van der Waals surface area contributed by atoms with Gasteiger partial charge in [0.1, 0.15) is 0 Å². The zero-order valence-electron chi connectivity index (χ0n) is 14.1. The van der Waals surface area contributed by atoms with Crippen LogP contribution in [-0.4, -0.2) is 53.1 Å². The van der Waals surface area contributed by atoms with Crippen LogP contribution in [0.25, 0.3) is 0 Å². The van der Waals surface area contributed by atoms with Crippen LogP contribution in [0, 0.1) is 0 Å². The number of carbonyl (C=O) groups is 1. The van der Waals surface area contributed by atoms with Crippen molar-refractivity contribution in [2.75, 3.05) is 32.1 Å². The molecule has 24 heavy (non-hydrogen) atoms. The molecule has 1 saturated heterocycles.